The Bertz CT molecular complexity index is 932. The summed E-state index contributed by atoms with van der Waals surface area (Å²) < 4.78 is 56.8. The summed E-state index contributed by atoms with van der Waals surface area (Å²) in [6.45, 7) is 0.702. The molecule has 4 rings (SSSR count). The van der Waals surface area contributed by atoms with Gasteiger partial charge in [0.25, 0.3) is 10.0 Å². The van der Waals surface area contributed by atoms with E-state index in [2.05, 4.69) is 9.12 Å². The zero-order valence-corrected chi connectivity index (χ0v) is 15.4. The van der Waals surface area contributed by atoms with Crippen LogP contribution in [0.25, 0.3) is 0 Å². The fourth-order valence-electron chi connectivity index (χ4n) is 3.80. The molecule has 0 atom stereocenters. The van der Waals surface area contributed by atoms with E-state index in [-0.39, 0.29) is 15.8 Å². The van der Waals surface area contributed by atoms with Gasteiger partial charge < -0.3 is 4.90 Å². The first-order chi connectivity index (χ1) is 11.9. The normalized spacial score (nSPS) is 23.0. The fraction of sp³-hybridized carbons (Fsp3) is 0.562. The van der Waals surface area contributed by atoms with Crippen molar-refractivity contribution < 1.29 is 16.8 Å². The number of hydrogen-bond acceptors (Lipinski definition) is 5. The molecule has 1 aromatic carbocycles. The van der Waals surface area contributed by atoms with E-state index in [1.54, 1.807) is 6.07 Å². The van der Waals surface area contributed by atoms with Gasteiger partial charge in [-0.05, 0) is 37.5 Å². The van der Waals surface area contributed by atoms with E-state index in [1.807, 2.05) is 4.90 Å². The van der Waals surface area contributed by atoms with E-state index in [9.17, 15) is 16.8 Å². The van der Waals surface area contributed by atoms with Gasteiger partial charge in [-0.3, -0.25) is 0 Å². The van der Waals surface area contributed by atoms with E-state index >= 15 is 0 Å². The molecule has 25 heavy (non-hydrogen) atoms. The molecular weight excluding hydrogens is 362 g/mol. The number of amidine groups is 1. The van der Waals surface area contributed by atoms with Crippen LogP contribution in [-0.2, 0) is 20.0 Å². The van der Waals surface area contributed by atoms with Gasteiger partial charge in [0.15, 0.2) is 0 Å². The monoisotopic (exact) mass is 383 g/mol. The molecule has 9 heteroatoms. The molecule has 7 nitrogen and oxygen atoms in total. The molecule has 0 radical (unpaired) electrons. The van der Waals surface area contributed by atoms with Crippen molar-refractivity contribution in [3.63, 3.8) is 0 Å². The van der Waals surface area contributed by atoms with Crippen molar-refractivity contribution in [2.75, 3.05) is 11.4 Å². The van der Waals surface area contributed by atoms with E-state index in [0.29, 0.717) is 24.5 Å². The van der Waals surface area contributed by atoms with Crippen molar-refractivity contribution >= 4 is 31.6 Å². The van der Waals surface area contributed by atoms with Crippen molar-refractivity contribution in [3.05, 3.63) is 18.2 Å². The summed E-state index contributed by atoms with van der Waals surface area (Å²) in [5.74, 6) is 0.545. The summed E-state index contributed by atoms with van der Waals surface area (Å²) in [5, 5.41) is 0. The van der Waals surface area contributed by atoms with E-state index in [4.69, 9.17) is 0 Å². The van der Waals surface area contributed by atoms with Crippen molar-refractivity contribution in [1.82, 2.24) is 4.72 Å². The Morgan fingerprint density at radius 2 is 1.88 bits per heavy atom. The van der Waals surface area contributed by atoms with Crippen molar-refractivity contribution in [2.24, 2.45) is 4.40 Å². The Hall–Kier alpha value is -1.45. The molecule has 2 heterocycles. The van der Waals surface area contributed by atoms with Gasteiger partial charge in [-0.15, -0.1) is 4.40 Å². The van der Waals surface area contributed by atoms with Gasteiger partial charge in [-0.2, -0.15) is 8.42 Å². The lowest BCUT2D eigenvalue weighted by molar-refractivity contribution is 0.412. The number of rotatable bonds is 3. The van der Waals surface area contributed by atoms with Crippen LogP contribution < -0.4 is 9.62 Å². The molecule has 0 unspecified atom stereocenters. The van der Waals surface area contributed by atoms with Crippen molar-refractivity contribution in [1.29, 1.82) is 0 Å². The SMILES string of the molecule is O=S1(=O)N=C2CCCN2c2ccc(S(=O)(=O)NC3CCCCC3)cc21. The molecule has 2 fully saturated rings. The third-order valence-corrected chi connectivity index (χ3v) is 7.91. The third kappa shape index (κ3) is 3.09. The van der Waals surface area contributed by atoms with E-state index in [1.165, 1.54) is 12.1 Å². The second-order valence-electron chi connectivity index (χ2n) is 6.82. The average Bonchev–Trinajstić information content (AvgIpc) is 3.02. The predicted molar refractivity (Wildman–Crippen MR) is 94.8 cm³/mol. The maximum Gasteiger partial charge on any atom is 0.286 e. The second kappa shape index (κ2) is 6.07. The second-order valence-corrected chi connectivity index (χ2v) is 10.1. The highest BCUT2D eigenvalue weighted by Crippen LogP contribution is 2.36. The quantitative estimate of drug-likeness (QED) is 0.861. The minimum absolute atomic E-state index is 0.0155. The topological polar surface area (TPSA) is 95.9 Å². The largest absolute Gasteiger partial charge is 0.328 e. The number of nitrogens with one attached hydrogen (secondary N) is 1. The Labute approximate surface area is 148 Å². The molecule has 1 saturated heterocycles. The highest BCUT2D eigenvalue weighted by atomic mass is 32.2. The smallest absolute Gasteiger partial charge is 0.286 e. The molecule has 1 aliphatic carbocycles. The number of fused-ring (bicyclic) bond motifs is 3. The van der Waals surface area contributed by atoms with Crippen molar-refractivity contribution in [2.45, 2.75) is 60.8 Å². The number of hydrogen-bond donors (Lipinski definition) is 1. The molecule has 0 spiro atoms. The Balaban J connectivity index is 1.70. The number of anilines is 1. The molecule has 1 aromatic rings. The third-order valence-electron chi connectivity index (χ3n) is 5.06. The summed E-state index contributed by atoms with van der Waals surface area (Å²) in [5.41, 5.74) is 0.527. The number of sulfonamides is 2. The molecule has 136 valence electrons. The highest BCUT2D eigenvalue weighted by Gasteiger charge is 2.34. The zero-order valence-electron chi connectivity index (χ0n) is 13.8. The zero-order chi connectivity index (χ0) is 17.7. The predicted octanol–water partition coefficient (Wildman–Crippen LogP) is 2.00. The standard InChI is InChI=1S/C16H21N3O4S2/c20-24(21,17-12-5-2-1-3-6-12)13-8-9-14-15(11-13)25(22,23)18-16-7-4-10-19(14)16/h8-9,11-12,17H,1-7,10H2. The van der Waals surface area contributed by atoms with Gasteiger partial charge in [0.1, 0.15) is 10.7 Å². The van der Waals surface area contributed by atoms with Gasteiger partial charge in [-0.25, -0.2) is 13.1 Å². The maximum absolute atomic E-state index is 12.7. The van der Waals surface area contributed by atoms with Crippen LogP contribution in [-0.4, -0.2) is 35.3 Å². The van der Waals surface area contributed by atoms with Gasteiger partial charge in [-0.1, -0.05) is 19.3 Å². The lowest BCUT2D eigenvalue weighted by atomic mass is 9.96. The molecule has 3 aliphatic rings. The molecule has 0 aromatic heterocycles. The summed E-state index contributed by atoms with van der Waals surface area (Å²) in [7, 11) is -7.61. The first-order valence-corrected chi connectivity index (χ1v) is 11.6. The van der Waals surface area contributed by atoms with Crippen LogP contribution in [0.2, 0.25) is 0 Å². The summed E-state index contributed by atoms with van der Waals surface area (Å²) in [4.78, 5) is 1.82. The first kappa shape index (κ1) is 17.0. The molecule has 1 saturated carbocycles. The first-order valence-electron chi connectivity index (χ1n) is 8.65. The van der Waals surface area contributed by atoms with Crippen LogP contribution in [0.1, 0.15) is 44.9 Å². The van der Waals surface area contributed by atoms with E-state index in [0.717, 1.165) is 38.5 Å². The van der Waals surface area contributed by atoms with Crippen molar-refractivity contribution in [3.8, 4) is 0 Å². The molecule has 1 N–H and O–H groups in total. The van der Waals surface area contributed by atoms with Gasteiger partial charge in [0.2, 0.25) is 10.0 Å². The van der Waals surface area contributed by atoms with Gasteiger partial charge in [0, 0.05) is 19.0 Å². The van der Waals surface area contributed by atoms with E-state index < -0.39 is 20.0 Å². The molecule has 0 amide bonds. The fourth-order valence-corrected chi connectivity index (χ4v) is 6.49. The Morgan fingerprint density at radius 1 is 1.12 bits per heavy atom. The van der Waals surface area contributed by atoms with Crippen LogP contribution in [0.3, 0.4) is 0 Å². The summed E-state index contributed by atoms with van der Waals surface area (Å²) in [6, 6.07) is 4.24. The van der Waals surface area contributed by atoms with Gasteiger partial charge in [0.05, 0.1) is 10.6 Å². The van der Waals surface area contributed by atoms with Crippen LogP contribution >= 0.6 is 0 Å². The molecular formula is C16H21N3O4S2. The minimum atomic E-state index is -3.86. The Morgan fingerprint density at radius 3 is 2.64 bits per heavy atom. The average molecular weight is 383 g/mol. The lowest BCUT2D eigenvalue weighted by Crippen LogP contribution is -2.36. The molecule has 2 aliphatic heterocycles. The number of benzene rings is 1. The van der Waals surface area contributed by atoms with Gasteiger partial charge >= 0.3 is 0 Å². The lowest BCUT2D eigenvalue weighted by Gasteiger charge is -2.26. The summed E-state index contributed by atoms with van der Waals surface area (Å²) >= 11 is 0. The number of nitrogens with zero attached hydrogens (tertiary/aromatic N) is 2. The maximum atomic E-state index is 12.7. The minimum Gasteiger partial charge on any atom is -0.328 e. The summed E-state index contributed by atoms with van der Waals surface area (Å²) in [6.07, 6.45) is 6.27. The highest BCUT2D eigenvalue weighted by molar-refractivity contribution is 7.91. The molecule has 0 bridgehead atoms. The van der Waals surface area contributed by atoms with Crippen LogP contribution in [0.4, 0.5) is 5.69 Å². The van der Waals surface area contributed by atoms with Crippen LogP contribution in [0.5, 0.6) is 0 Å². The van der Waals surface area contributed by atoms with Crippen LogP contribution in [0.15, 0.2) is 32.4 Å². The van der Waals surface area contributed by atoms with Crippen LogP contribution in [0, 0.1) is 0 Å². The Kier molecular flexibility index (Phi) is 4.12.